The van der Waals surface area contributed by atoms with E-state index in [-0.39, 0.29) is 11.0 Å². The van der Waals surface area contributed by atoms with Gasteiger partial charge in [0, 0.05) is 0 Å². The minimum atomic E-state index is -3.65. The van der Waals surface area contributed by atoms with Crippen molar-refractivity contribution in [1.29, 1.82) is 0 Å². The highest BCUT2D eigenvalue weighted by Crippen LogP contribution is 2.17. The van der Waals surface area contributed by atoms with Crippen molar-refractivity contribution in [2.75, 3.05) is 0 Å². The van der Waals surface area contributed by atoms with Gasteiger partial charge in [0.2, 0.25) is 0 Å². The lowest BCUT2D eigenvalue weighted by Gasteiger charge is -2.11. The summed E-state index contributed by atoms with van der Waals surface area (Å²) < 4.78 is 28.6. The molecule has 0 saturated heterocycles. The molecule has 1 unspecified atom stereocenters. The van der Waals surface area contributed by atoms with Crippen molar-refractivity contribution in [3.05, 3.63) is 36.4 Å². The molecular weight excluding hydrogens is 224 g/mol. The Balaban J connectivity index is 3.02. The first kappa shape index (κ1) is 12.9. The maximum Gasteiger partial charge on any atom is 0.297 e. The van der Waals surface area contributed by atoms with Gasteiger partial charge in [-0.15, -0.1) is 0 Å². The van der Waals surface area contributed by atoms with Gasteiger partial charge in [0.25, 0.3) is 10.1 Å². The highest BCUT2D eigenvalue weighted by Gasteiger charge is 2.17. The van der Waals surface area contributed by atoms with Crippen molar-refractivity contribution < 1.29 is 12.6 Å². The summed E-state index contributed by atoms with van der Waals surface area (Å²) in [6.07, 6.45) is 1.94. The second-order valence-corrected chi connectivity index (χ2v) is 5.12. The van der Waals surface area contributed by atoms with Crippen LogP contribution in [-0.4, -0.2) is 14.5 Å². The third kappa shape index (κ3) is 3.18. The zero-order valence-corrected chi connectivity index (χ0v) is 10.3. The summed E-state index contributed by atoms with van der Waals surface area (Å²) in [7, 11) is -3.65. The molecule has 4 heteroatoms. The Kier molecular flexibility index (Phi) is 4.26. The first-order chi connectivity index (χ1) is 7.49. The molecule has 0 aliphatic carbocycles. The number of hydrogen-bond acceptors (Lipinski definition) is 3. The number of rotatable bonds is 5. The second-order valence-electron chi connectivity index (χ2n) is 3.55. The first-order valence-corrected chi connectivity index (χ1v) is 6.56. The van der Waals surface area contributed by atoms with Crippen LogP contribution in [0.15, 0.2) is 35.7 Å². The lowest BCUT2D eigenvalue weighted by atomic mass is 10.2. The van der Waals surface area contributed by atoms with Crippen molar-refractivity contribution in [1.82, 2.24) is 0 Å². The van der Waals surface area contributed by atoms with Crippen molar-refractivity contribution in [2.45, 2.75) is 31.3 Å². The standard InChI is InChI=1S/C12H16O3S/c1-4-10(3)15-16(13,14)12-8-6-7-11(5-2)9-12/h5-10H,2,4H2,1,3H3. The van der Waals surface area contributed by atoms with E-state index in [9.17, 15) is 8.42 Å². The molecule has 0 heterocycles. The topological polar surface area (TPSA) is 43.4 Å². The molecule has 0 aliphatic rings. The van der Waals surface area contributed by atoms with Gasteiger partial charge in [-0.2, -0.15) is 8.42 Å². The zero-order chi connectivity index (χ0) is 12.2. The predicted molar refractivity (Wildman–Crippen MR) is 64.6 cm³/mol. The van der Waals surface area contributed by atoms with Crippen LogP contribution >= 0.6 is 0 Å². The Hall–Kier alpha value is -1.13. The third-order valence-corrected chi connectivity index (χ3v) is 3.66. The molecule has 3 nitrogen and oxygen atoms in total. The largest absolute Gasteiger partial charge is 0.297 e. The van der Waals surface area contributed by atoms with E-state index in [4.69, 9.17) is 4.18 Å². The Morgan fingerprint density at radius 1 is 1.50 bits per heavy atom. The maximum absolute atomic E-state index is 11.8. The first-order valence-electron chi connectivity index (χ1n) is 5.15. The Morgan fingerprint density at radius 3 is 2.75 bits per heavy atom. The molecule has 0 fully saturated rings. The zero-order valence-electron chi connectivity index (χ0n) is 9.51. The van der Waals surface area contributed by atoms with Crippen LogP contribution in [-0.2, 0) is 14.3 Å². The molecule has 1 atom stereocenters. The van der Waals surface area contributed by atoms with Crippen molar-refractivity contribution in [3.63, 3.8) is 0 Å². The fraction of sp³-hybridized carbons (Fsp3) is 0.333. The van der Waals surface area contributed by atoms with E-state index in [1.165, 1.54) is 6.07 Å². The summed E-state index contributed by atoms with van der Waals surface area (Å²) in [4.78, 5) is 0.171. The number of hydrogen-bond donors (Lipinski definition) is 0. The van der Waals surface area contributed by atoms with E-state index < -0.39 is 10.1 Å². The minimum Gasteiger partial charge on any atom is -0.263 e. The van der Waals surface area contributed by atoms with Gasteiger partial charge < -0.3 is 0 Å². The molecule has 1 aromatic rings. The molecule has 88 valence electrons. The van der Waals surface area contributed by atoms with Crippen LogP contribution in [0.25, 0.3) is 6.08 Å². The van der Waals surface area contributed by atoms with Gasteiger partial charge in [-0.05, 0) is 31.0 Å². The summed E-state index contributed by atoms with van der Waals surface area (Å²) in [5, 5.41) is 0. The predicted octanol–water partition coefficient (Wildman–Crippen LogP) is 2.83. The Bertz CT molecular complexity index is 463. The van der Waals surface area contributed by atoms with Crippen molar-refractivity contribution >= 4 is 16.2 Å². The van der Waals surface area contributed by atoms with Crippen LogP contribution in [0.3, 0.4) is 0 Å². The number of benzene rings is 1. The molecule has 16 heavy (non-hydrogen) atoms. The second kappa shape index (κ2) is 5.27. The normalized spacial score (nSPS) is 13.4. The van der Waals surface area contributed by atoms with Crippen LogP contribution in [0.5, 0.6) is 0 Å². The van der Waals surface area contributed by atoms with E-state index in [1.807, 2.05) is 6.92 Å². The summed E-state index contributed by atoms with van der Waals surface area (Å²) >= 11 is 0. The van der Waals surface area contributed by atoms with Gasteiger partial charge in [-0.1, -0.05) is 31.7 Å². The van der Waals surface area contributed by atoms with Gasteiger partial charge in [0.15, 0.2) is 0 Å². The summed E-state index contributed by atoms with van der Waals surface area (Å²) in [6.45, 7) is 7.20. The molecule has 0 radical (unpaired) electrons. The summed E-state index contributed by atoms with van der Waals surface area (Å²) in [5.74, 6) is 0. The van der Waals surface area contributed by atoms with E-state index in [1.54, 1.807) is 31.2 Å². The van der Waals surface area contributed by atoms with Crippen LogP contribution in [0.2, 0.25) is 0 Å². The fourth-order valence-corrected chi connectivity index (χ4v) is 2.34. The Morgan fingerprint density at radius 2 is 2.19 bits per heavy atom. The van der Waals surface area contributed by atoms with E-state index in [2.05, 4.69) is 6.58 Å². The molecule has 0 saturated carbocycles. The molecule has 1 aromatic carbocycles. The van der Waals surface area contributed by atoms with Gasteiger partial charge >= 0.3 is 0 Å². The maximum atomic E-state index is 11.8. The van der Waals surface area contributed by atoms with E-state index >= 15 is 0 Å². The molecule has 0 aromatic heterocycles. The summed E-state index contributed by atoms with van der Waals surface area (Å²) in [5.41, 5.74) is 0.758. The van der Waals surface area contributed by atoms with Crippen LogP contribution in [0.1, 0.15) is 25.8 Å². The van der Waals surface area contributed by atoms with Gasteiger partial charge in [0.1, 0.15) is 0 Å². The Labute approximate surface area is 96.9 Å². The third-order valence-electron chi connectivity index (χ3n) is 2.25. The molecule has 1 rings (SSSR count). The van der Waals surface area contributed by atoms with Crippen LogP contribution < -0.4 is 0 Å². The molecular formula is C12H16O3S. The van der Waals surface area contributed by atoms with Crippen molar-refractivity contribution in [3.8, 4) is 0 Å². The molecule has 0 bridgehead atoms. The van der Waals surface area contributed by atoms with E-state index in [0.717, 1.165) is 5.56 Å². The van der Waals surface area contributed by atoms with Crippen LogP contribution in [0.4, 0.5) is 0 Å². The monoisotopic (exact) mass is 240 g/mol. The van der Waals surface area contributed by atoms with Gasteiger partial charge in [0.05, 0.1) is 11.0 Å². The smallest absolute Gasteiger partial charge is 0.263 e. The lowest BCUT2D eigenvalue weighted by molar-refractivity contribution is 0.224. The molecule has 0 N–H and O–H groups in total. The quantitative estimate of drug-likeness (QED) is 0.743. The summed E-state index contributed by atoms with van der Waals surface area (Å²) in [6, 6.07) is 6.52. The lowest BCUT2D eigenvalue weighted by Crippen LogP contribution is -2.14. The average molecular weight is 240 g/mol. The van der Waals surface area contributed by atoms with E-state index in [0.29, 0.717) is 6.42 Å². The highest BCUT2D eigenvalue weighted by atomic mass is 32.2. The van der Waals surface area contributed by atoms with Crippen molar-refractivity contribution in [2.24, 2.45) is 0 Å². The minimum absolute atomic E-state index is 0.171. The molecule has 0 spiro atoms. The highest BCUT2D eigenvalue weighted by molar-refractivity contribution is 7.86. The van der Waals surface area contributed by atoms with Gasteiger partial charge in [-0.3, -0.25) is 4.18 Å². The molecule has 0 aliphatic heterocycles. The fourth-order valence-electron chi connectivity index (χ4n) is 1.14. The SMILES string of the molecule is C=Cc1cccc(S(=O)(=O)OC(C)CC)c1. The average Bonchev–Trinajstić information content (AvgIpc) is 2.28. The van der Waals surface area contributed by atoms with Gasteiger partial charge in [-0.25, -0.2) is 0 Å². The molecule has 0 amide bonds. The van der Waals surface area contributed by atoms with Crippen LogP contribution in [0, 0.1) is 0 Å².